The van der Waals surface area contributed by atoms with Gasteiger partial charge in [-0.2, -0.15) is 0 Å². The normalized spacial score (nSPS) is 12.1. The molecule has 1 N–H and O–H groups in total. The lowest BCUT2D eigenvalue weighted by Gasteiger charge is -2.17. The summed E-state index contributed by atoms with van der Waals surface area (Å²) in [5.74, 6) is -0.536. The molecule has 2 aromatic heterocycles. The smallest absolute Gasteiger partial charge is 0.221 e. The number of nitrogens with one attached hydrogen (secondary N) is 1. The number of aromatic nitrogens is 2. The molecule has 0 saturated carbocycles. The van der Waals surface area contributed by atoms with Crippen LogP contribution in [0.1, 0.15) is 29.0 Å². The van der Waals surface area contributed by atoms with Crippen LogP contribution in [0.2, 0.25) is 5.15 Å². The van der Waals surface area contributed by atoms with E-state index in [2.05, 4.69) is 33.2 Å². The molecule has 0 aliphatic carbocycles. The predicted octanol–water partition coefficient (Wildman–Crippen LogP) is 5.16. The fourth-order valence-electron chi connectivity index (χ4n) is 4.02. The van der Waals surface area contributed by atoms with E-state index in [1.165, 1.54) is 12.1 Å². The predicted molar refractivity (Wildman–Crippen MR) is 128 cm³/mol. The molecule has 5 nitrogen and oxygen atoms in total. The highest BCUT2D eigenvalue weighted by Crippen LogP contribution is 2.35. The van der Waals surface area contributed by atoms with Crippen LogP contribution in [-0.2, 0) is 16.1 Å². The molecule has 0 bridgehead atoms. The van der Waals surface area contributed by atoms with Gasteiger partial charge in [0.15, 0.2) is 0 Å². The van der Waals surface area contributed by atoms with Crippen molar-refractivity contribution in [3.8, 4) is 0 Å². The molecule has 0 fully saturated rings. The first-order valence-corrected chi connectivity index (χ1v) is 11.1. The minimum atomic E-state index is -0.258. The molecule has 0 radical (unpaired) electrons. The summed E-state index contributed by atoms with van der Waals surface area (Å²) < 4.78 is 20.5. The van der Waals surface area contributed by atoms with Crippen molar-refractivity contribution in [1.29, 1.82) is 0 Å². The van der Waals surface area contributed by atoms with Crippen molar-refractivity contribution < 1.29 is 13.9 Å². The van der Waals surface area contributed by atoms with Gasteiger partial charge in [0.2, 0.25) is 5.91 Å². The van der Waals surface area contributed by atoms with E-state index in [0.29, 0.717) is 24.8 Å². The van der Waals surface area contributed by atoms with Crippen LogP contribution in [0.5, 0.6) is 0 Å². The Morgan fingerprint density at radius 2 is 1.94 bits per heavy atom. The van der Waals surface area contributed by atoms with E-state index in [1.54, 1.807) is 31.5 Å². The Labute approximate surface area is 197 Å². The highest BCUT2D eigenvalue weighted by Gasteiger charge is 2.23. The number of carbonyl (C=O) groups excluding carboxylic acids is 1. The van der Waals surface area contributed by atoms with Gasteiger partial charge in [-0.1, -0.05) is 48.0 Å². The summed E-state index contributed by atoms with van der Waals surface area (Å²) in [4.78, 5) is 17.0. The molecule has 0 aliphatic rings. The van der Waals surface area contributed by atoms with Gasteiger partial charge in [0, 0.05) is 55.8 Å². The molecule has 2 aromatic carbocycles. The Morgan fingerprint density at radius 3 is 2.67 bits per heavy atom. The zero-order chi connectivity index (χ0) is 23.2. The molecule has 0 unspecified atom stereocenters. The number of carbonyl (C=O) groups is 1. The molecule has 4 rings (SSSR count). The van der Waals surface area contributed by atoms with E-state index >= 15 is 0 Å². The zero-order valence-corrected chi connectivity index (χ0v) is 19.1. The van der Waals surface area contributed by atoms with Crippen LogP contribution >= 0.6 is 11.6 Å². The Hall–Kier alpha value is -3.22. The lowest BCUT2D eigenvalue weighted by atomic mass is 9.89. The van der Waals surface area contributed by atoms with E-state index < -0.39 is 0 Å². The number of hydrogen-bond donors (Lipinski definition) is 1. The van der Waals surface area contributed by atoms with E-state index in [0.717, 1.165) is 27.6 Å². The Bertz CT molecular complexity index is 1220. The number of rotatable bonds is 9. The topological polar surface area (TPSA) is 56.1 Å². The number of benzene rings is 2. The van der Waals surface area contributed by atoms with Crippen LogP contribution in [0.15, 0.2) is 73.1 Å². The molecule has 33 heavy (non-hydrogen) atoms. The lowest BCUT2D eigenvalue weighted by molar-refractivity contribution is -0.121. The van der Waals surface area contributed by atoms with Gasteiger partial charge in [0.25, 0.3) is 0 Å². The van der Waals surface area contributed by atoms with Crippen molar-refractivity contribution in [2.24, 2.45) is 0 Å². The van der Waals surface area contributed by atoms with Crippen molar-refractivity contribution in [3.05, 3.63) is 101 Å². The minimum Gasteiger partial charge on any atom is -0.383 e. The maximum atomic E-state index is 13.4. The van der Waals surface area contributed by atoms with Gasteiger partial charge >= 0.3 is 0 Å². The Kier molecular flexibility index (Phi) is 7.37. The van der Waals surface area contributed by atoms with Crippen molar-refractivity contribution in [2.45, 2.75) is 18.9 Å². The zero-order valence-electron chi connectivity index (χ0n) is 18.3. The third-order valence-electron chi connectivity index (χ3n) is 5.63. The summed E-state index contributed by atoms with van der Waals surface area (Å²) in [6.45, 7) is 1.50. The molecule has 0 spiro atoms. The molecule has 1 amide bonds. The second kappa shape index (κ2) is 10.6. The summed E-state index contributed by atoms with van der Waals surface area (Å²) in [7, 11) is 1.60. The number of fused-ring (bicyclic) bond motifs is 1. The largest absolute Gasteiger partial charge is 0.383 e. The number of methoxy groups -OCH3 is 1. The summed E-state index contributed by atoms with van der Waals surface area (Å²) >= 11 is 6.02. The standard InChI is InChI=1S/C26H25ClFN3O2/c1-33-13-12-29-26(32)14-22(19-8-11-25(27)30-15-19)23-17-31(24-5-3-2-4-21(23)24)16-18-6-9-20(28)10-7-18/h2-11,15,17,22H,12-14,16H2,1H3,(H,29,32)/t22-/m0/s1. The molecule has 7 heteroatoms. The van der Waals surface area contributed by atoms with Crippen molar-refractivity contribution in [1.82, 2.24) is 14.9 Å². The van der Waals surface area contributed by atoms with Crippen LogP contribution in [-0.4, -0.2) is 35.7 Å². The Morgan fingerprint density at radius 1 is 1.15 bits per heavy atom. The van der Waals surface area contributed by atoms with E-state index in [4.69, 9.17) is 16.3 Å². The van der Waals surface area contributed by atoms with E-state index in [-0.39, 0.29) is 24.1 Å². The Balaban J connectivity index is 1.73. The van der Waals surface area contributed by atoms with E-state index in [1.807, 2.05) is 18.2 Å². The minimum absolute atomic E-state index is 0.0673. The number of nitrogens with zero attached hydrogens (tertiary/aromatic N) is 2. The number of hydrogen-bond acceptors (Lipinski definition) is 3. The average molecular weight is 466 g/mol. The maximum Gasteiger partial charge on any atom is 0.221 e. The highest BCUT2D eigenvalue weighted by atomic mass is 35.5. The molecule has 1 atom stereocenters. The van der Waals surface area contributed by atoms with Gasteiger partial charge in [-0.3, -0.25) is 4.79 Å². The molecule has 4 aromatic rings. The van der Waals surface area contributed by atoms with Crippen LogP contribution in [0.4, 0.5) is 4.39 Å². The van der Waals surface area contributed by atoms with Gasteiger partial charge in [-0.25, -0.2) is 9.37 Å². The second-order valence-electron chi connectivity index (χ2n) is 7.87. The molecule has 170 valence electrons. The van der Waals surface area contributed by atoms with Crippen molar-refractivity contribution >= 4 is 28.4 Å². The number of halogens is 2. The molecule has 0 saturated heterocycles. The van der Waals surface area contributed by atoms with Gasteiger partial charge < -0.3 is 14.6 Å². The highest BCUT2D eigenvalue weighted by molar-refractivity contribution is 6.29. The fraction of sp³-hybridized carbons (Fsp3) is 0.231. The molecular weight excluding hydrogens is 441 g/mol. The number of ether oxygens (including phenoxy) is 1. The van der Waals surface area contributed by atoms with Crippen LogP contribution in [0.25, 0.3) is 10.9 Å². The molecule has 0 aliphatic heterocycles. The van der Waals surface area contributed by atoms with Gasteiger partial charge in [-0.05, 0) is 41.0 Å². The lowest BCUT2D eigenvalue weighted by Crippen LogP contribution is -2.28. The SMILES string of the molecule is COCCNC(=O)C[C@@H](c1ccc(Cl)nc1)c1cn(Cc2ccc(F)cc2)c2ccccc12. The van der Waals surface area contributed by atoms with Crippen molar-refractivity contribution in [3.63, 3.8) is 0 Å². The summed E-state index contributed by atoms with van der Waals surface area (Å²) in [5.41, 5.74) is 3.97. The molecular formula is C26H25ClFN3O2. The fourth-order valence-corrected chi connectivity index (χ4v) is 4.13. The van der Waals surface area contributed by atoms with Gasteiger partial charge in [-0.15, -0.1) is 0 Å². The number of amides is 1. The van der Waals surface area contributed by atoms with Crippen LogP contribution < -0.4 is 5.32 Å². The number of pyridine rings is 1. The van der Waals surface area contributed by atoms with Gasteiger partial charge in [0.05, 0.1) is 6.61 Å². The number of para-hydroxylation sites is 1. The van der Waals surface area contributed by atoms with Gasteiger partial charge in [0.1, 0.15) is 11.0 Å². The first-order chi connectivity index (χ1) is 16.0. The molecule has 2 heterocycles. The third-order valence-corrected chi connectivity index (χ3v) is 5.86. The monoisotopic (exact) mass is 465 g/mol. The second-order valence-corrected chi connectivity index (χ2v) is 8.26. The third kappa shape index (κ3) is 5.59. The quantitative estimate of drug-likeness (QED) is 0.274. The summed E-state index contributed by atoms with van der Waals surface area (Å²) in [6.07, 6.45) is 4.06. The summed E-state index contributed by atoms with van der Waals surface area (Å²) in [6, 6.07) is 18.2. The van der Waals surface area contributed by atoms with Crippen molar-refractivity contribution in [2.75, 3.05) is 20.3 Å². The summed E-state index contributed by atoms with van der Waals surface area (Å²) in [5, 5.41) is 4.38. The van der Waals surface area contributed by atoms with Crippen LogP contribution in [0, 0.1) is 5.82 Å². The van der Waals surface area contributed by atoms with Crippen LogP contribution in [0.3, 0.4) is 0 Å². The first-order valence-electron chi connectivity index (χ1n) is 10.7. The van der Waals surface area contributed by atoms with E-state index in [9.17, 15) is 9.18 Å². The maximum absolute atomic E-state index is 13.4. The average Bonchev–Trinajstić information content (AvgIpc) is 3.18. The first kappa shape index (κ1) is 23.0.